The first kappa shape index (κ1) is 14.1. The highest BCUT2D eigenvalue weighted by Gasteiger charge is 2.33. The fourth-order valence-corrected chi connectivity index (χ4v) is 5.44. The second-order valence-electron chi connectivity index (χ2n) is 3.90. The molecule has 0 aliphatic heterocycles. The first-order chi connectivity index (χ1) is 6.74. The van der Waals surface area contributed by atoms with Gasteiger partial charge in [-0.05, 0) is 0 Å². The molecule has 0 aromatic carbocycles. The van der Waals surface area contributed by atoms with Gasteiger partial charge >= 0.3 is 0 Å². The minimum absolute atomic E-state index is 0.842. The van der Waals surface area contributed by atoms with Gasteiger partial charge in [-0.3, -0.25) is 0 Å². The monoisotopic (exact) mass is 220 g/mol. The quantitative estimate of drug-likeness (QED) is 0.555. The Morgan fingerprint density at radius 2 is 1.29 bits per heavy atom. The Balaban J connectivity index is 4.21. The van der Waals surface area contributed by atoms with Gasteiger partial charge in [0.2, 0.25) is 0 Å². The van der Waals surface area contributed by atoms with Gasteiger partial charge in [-0.15, -0.1) is 0 Å². The molecule has 0 rings (SSSR count). The molecule has 0 radical (unpaired) electrons. The molecule has 14 heavy (non-hydrogen) atoms. The van der Waals surface area contributed by atoms with Gasteiger partial charge in [0.15, 0.2) is 0 Å². The predicted octanol–water partition coefficient (Wildman–Crippen LogP) is 1.79. The Hall–Kier alpha value is 0.0969. The van der Waals surface area contributed by atoms with E-state index >= 15 is 0 Å². The minimum atomic E-state index is -1.48. The molecule has 0 fully saturated rings. The lowest BCUT2D eigenvalue weighted by molar-refractivity contribution is 0.188. The van der Waals surface area contributed by atoms with Crippen LogP contribution in [0.4, 0.5) is 0 Å². The van der Waals surface area contributed by atoms with Crippen molar-refractivity contribution < 1.29 is 14.2 Å². The van der Waals surface area contributed by atoms with Crippen molar-refractivity contribution in [2.24, 2.45) is 0 Å². The number of hydrogen-bond acceptors (Lipinski definition) is 3. The fraction of sp³-hybridized carbons (Fsp3) is 1.00. The van der Waals surface area contributed by atoms with E-state index in [-0.39, 0.29) is 0 Å². The maximum atomic E-state index is 5.31. The highest BCUT2D eigenvalue weighted by molar-refractivity contribution is 6.79. The second kappa shape index (κ2) is 8.41. The lowest BCUT2D eigenvalue weighted by atomic mass is 10.4. The molecule has 0 saturated heterocycles. The first-order valence-electron chi connectivity index (χ1n) is 5.21. The van der Waals surface area contributed by atoms with Gasteiger partial charge in [0, 0.05) is 40.0 Å². The van der Waals surface area contributed by atoms with Crippen LogP contribution in [0.2, 0.25) is 6.04 Å². The number of methoxy groups -OCH3 is 3. The molecule has 0 N–H and O–H groups in total. The summed E-state index contributed by atoms with van der Waals surface area (Å²) in [7, 11) is 3.81. The van der Waals surface area contributed by atoms with Crippen LogP contribution in [0.3, 0.4) is 0 Å². The average molecular weight is 220 g/mol. The zero-order valence-corrected chi connectivity index (χ0v) is 11.0. The average Bonchev–Trinajstić information content (AvgIpc) is 2.16. The molecule has 0 heterocycles. The van der Waals surface area contributed by atoms with Gasteiger partial charge in [0.05, 0.1) is 0 Å². The van der Waals surface area contributed by atoms with E-state index in [0.717, 1.165) is 18.7 Å². The van der Waals surface area contributed by atoms with E-state index in [4.69, 9.17) is 14.2 Å². The fourth-order valence-electron chi connectivity index (χ4n) is 1.81. The Labute approximate surface area is 88.7 Å². The number of rotatable bonds is 9. The molecule has 0 bridgehead atoms. The zero-order chi connectivity index (χ0) is 10.9. The Morgan fingerprint density at radius 1 is 0.857 bits per heavy atom. The molecule has 4 heteroatoms. The predicted molar refractivity (Wildman–Crippen MR) is 61.1 cm³/mol. The van der Waals surface area contributed by atoms with Crippen molar-refractivity contribution in [1.29, 1.82) is 0 Å². The van der Waals surface area contributed by atoms with Gasteiger partial charge in [0.1, 0.15) is 8.07 Å². The molecule has 0 atom stereocenters. The number of hydrogen-bond donors (Lipinski definition) is 0. The molecule has 0 amide bonds. The van der Waals surface area contributed by atoms with E-state index in [1.165, 1.54) is 18.9 Å². The molecule has 0 spiro atoms. The van der Waals surface area contributed by atoms with Gasteiger partial charge in [-0.25, -0.2) is 0 Å². The van der Waals surface area contributed by atoms with Gasteiger partial charge < -0.3 is 14.2 Å². The summed E-state index contributed by atoms with van der Waals surface area (Å²) in [6.07, 6.45) is 5.01. The second-order valence-corrected chi connectivity index (χ2v) is 8.27. The third-order valence-electron chi connectivity index (χ3n) is 2.41. The zero-order valence-electron chi connectivity index (χ0n) is 9.97. The van der Waals surface area contributed by atoms with Crippen LogP contribution in [-0.2, 0) is 14.2 Å². The summed E-state index contributed by atoms with van der Waals surface area (Å²) < 4.78 is 15.9. The van der Waals surface area contributed by atoms with Crippen molar-refractivity contribution in [3.05, 3.63) is 0 Å². The Morgan fingerprint density at radius 3 is 1.57 bits per heavy atom. The SMILES string of the molecule is CCCC[Si](COC)(COC)COC. The van der Waals surface area contributed by atoms with Crippen molar-refractivity contribution in [3.8, 4) is 0 Å². The van der Waals surface area contributed by atoms with Crippen LogP contribution in [0.5, 0.6) is 0 Å². The maximum absolute atomic E-state index is 5.31. The molecule has 3 nitrogen and oxygen atoms in total. The summed E-state index contributed by atoms with van der Waals surface area (Å²) in [6, 6.07) is 1.24. The summed E-state index contributed by atoms with van der Waals surface area (Å²) in [5.74, 6) is 0. The van der Waals surface area contributed by atoms with Crippen LogP contribution in [0.15, 0.2) is 0 Å². The van der Waals surface area contributed by atoms with Gasteiger partial charge in [-0.2, -0.15) is 0 Å². The molecular formula is C10H24O3Si. The van der Waals surface area contributed by atoms with Crippen LogP contribution < -0.4 is 0 Å². The summed E-state index contributed by atoms with van der Waals surface area (Å²) in [6.45, 7) is 2.21. The molecule has 0 unspecified atom stereocenters. The summed E-state index contributed by atoms with van der Waals surface area (Å²) in [4.78, 5) is 0. The van der Waals surface area contributed by atoms with E-state index in [1.54, 1.807) is 21.3 Å². The highest BCUT2D eigenvalue weighted by atomic mass is 28.3. The third kappa shape index (κ3) is 5.10. The van der Waals surface area contributed by atoms with Crippen molar-refractivity contribution >= 4 is 8.07 Å². The van der Waals surface area contributed by atoms with Crippen molar-refractivity contribution in [1.82, 2.24) is 0 Å². The molecular weight excluding hydrogens is 196 g/mol. The molecule has 0 aliphatic carbocycles. The van der Waals surface area contributed by atoms with Crippen LogP contribution in [0.1, 0.15) is 19.8 Å². The number of ether oxygens (including phenoxy) is 3. The summed E-state index contributed by atoms with van der Waals surface area (Å²) in [5, 5.41) is 0. The lowest BCUT2D eigenvalue weighted by Gasteiger charge is -2.29. The first-order valence-corrected chi connectivity index (χ1v) is 8.04. The van der Waals surface area contributed by atoms with Crippen molar-refractivity contribution in [3.63, 3.8) is 0 Å². The Bertz CT molecular complexity index is 114. The third-order valence-corrected chi connectivity index (χ3v) is 6.53. The summed E-state index contributed by atoms with van der Waals surface area (Å²) >= 11 is 0. The maximum Gasteiger partial charge on any atom is 0.140 e. The van der Waals surface area contributed by atoms with E-state index < -0.39 is 8.07 Å². The largest absolute Gasteiger partial charge is 0.388 e. The normalized spacial score (nSPS) is 12.0. The van der Waals surface area contributed by atoms with E-state index in [0.29, 0.717) is 0 Å². The molecule has 0 aliphatic rings. The molecule has 0 saturated carbocycles. The molecule has 0 aromatic rings. The van der Waals surface area contributed by atoms with Crippen molar-refractivity contribution in [2.45, 2.75) is 25.8 Å². The van der Waals surface area contributed by atoms with Gasteiger partial charge in [-0.1, -0.05) is 25.8 Å². The Kier molecular flexibility index (Phi) is 8.47. The number of unbranched alkanes of at least 4 members (excludes halogenated alkanes) is 1. The lowest BCUT2D eigenvalue weighted by Crippen LogP contribution is -2.50. The molecule has 86 valence electrons. The van der Waals surface area contributed by atoms with Crippen LogP contribution in [0, 0.1) is 0 Å². The topological polar surface area (TPSA) is 27.7 Å². The minimum Gasteiger partial charge on any atom is -0.388 e. The van der Waals surface area contributed by atoms with Crippen LogP contribution in [0.25, 0.3) is 0 Å². The summed E-state index contributed by atoms with van der Waals surface area (Å²) in [5.41, 5.74) is 0. The van der Waals surface area contributed by atoms with Gasteiger partial charge in [0.25, 0.3) is 0 Å². The highest BCUT2D eigenvalue weighted by Crippen LogP contribution is 2.15. The van der Waals surface area contributed by atoms with E-state index in [1.807, 2.05) is 0 Å². The van der Waals surface area contributed by atoms with E-state index in [9.17, 15) is 0 Å². The van der Waals surface area contributed by atoms with Crippen molar-refractivity contribution in [2.75, 3.05) is 40.0 Å². The standard InChI is InChI=1S/C10H24O3Si/c1-5-6-7-14(8-11-2,9-12-3)10-13-4/h5-10H2,1-4H3. The molecule has 0 aromatic heterocycles. The van der Waals surface area contributed by atoms with Crippen LogP contribution >= 0.6 is 0 Å². The van der Waals surface area contributed by atoms with Crippen LogP contribution in [-0.4, -0.2) is 48.1 Å². The smallest absolute Gasteiger partial charge is 0.140 e. The van der Waals surface area contributed by atoms with E-state index in [2.05, 4.69) is 6.92 Å².